The van der Waals surface area contributed by atoms with Crippen molar-refractivity contribution in [3.63, 3.8) is 0 Å². The van der Waals surface area contributed by atoms with Crippen LogP contribution in [0.1, 0.15) is 48.4 Å². The highest BCUT2D eigenvalue weighted by atomic mass is 16.6. The lowest BCUT2D eigenvalue weighted by Gasteiger charge is -2.20. The standard InChI is InChI=1S/C14H18N2O6/c1-7(15)12(18)11-9(17)6-5-8(16(20)21)10(11)13(19)22-14(2,3)4/h5-7,17H,15H2,1-4H3. The number of rotatable bonds is 4. The Labute approximate surface area is 127 Å². The van der Waals surface area contributed by atoms with Crippen molar-refractivity contribution in [2.24, 2.45) is 5.73 Å². The molecule has 1 rings (SSSR count). The first-order valence-electron chi connectivity index (χ1n) is 6.49. The number of esters is 1. The second-order valence-electron chi connectivity index (χ2n) is 5.77. The van der Waals surface area contributed by atoms with Crippen molar-refractivity contribution in [2.45, 2.75) is 39.3 Å². The number of carbonyl (C=O) groups excluding carboxylic acids is 2. The monoisotopic (exact) mass is 310 g/mol. The number of Topliss-reactive ketones (excluding diaryl/α,β-unsaturated/α-hetero) is 1. The van der Waals surface area contributed by atoms with Gasteiger partial charge in [0.1, 0.15) is 11.4 Å². The Hall–Kier alpha value is -2.48. The van der Waals surface area contributed by atoms with Crippen LogP contribution in [0.2, 0.25) is 0 Å². The van der Waals surface area contributed by atoms with E-state index in [4.69, 9.17) is 10.5 Å². The molecule has 0 bridgehead atoms. The number of phenols is 1. The highest BCUT2D eigenvalue weighted by Gasteiger charge is 2.34. The Morgan fingerprint density at radius 2 is 1.86 bits per heavy atom. The third kappa shape index (κ3) is 3.79. The zero-order valence-corrected chi connectivity index (χ0v) is 12.7. The maximum Gasteiger partial charge on any atom is 0.346 e. The number of hydrogen-bond donors (Lipinski definition) is 2. The van der Waals surface area contributed by atoms with Crippen LogP contribution in [0.25, 0.3) is 0 Å². The molecule has 0 radical (unpaired) electrons. The molecule has 0 aliphatic heterocycles. The van der Waals surface area contributed by atoms with E-state index in [1.165, 1.54) is 6.92 Å². The minimum absolute atomic E-state index is 0.501. The van der Waals surface area contributed by atoms with Crippen LogP contribution in [0.15, 0.2) is 12.1 Å². The largest absolute Gasteiger partial charge is 0.507 e. The van der Waals surface area contributed by atoms with Gasteiger partial charge in [0.05, 0.1) is 16.5 Å². The van der Waals surface area contributed by atoms with Crippen molar-refractivity contribution in [2.75, 3.05) is 0 Å². The molecule has 1 aromatic rings. The minimum Gasteiger partial charge on any atom is -0.507 e. The van der Waals surface area contributed by atoms with E-state index in [-0.39, 0.29) is 0 Å². The van der Waals surface area contributed by atoms with E-state index in [1.54, 1.807) is 20.8 Å². The minimum atomic E-state index is -1.07. The average molecular weight is 310 g/mol. The molecular weight excluding hydrogens is 292 g/mol. The van der Waals surface area contributed by atoms with Gasteiger partial charge in [-0.15, -0.1) is 0 Å². The first kappa shape index (κ1) is 17.6. The van der Waals surface area contributed by atoms with Gasteiger partial charge in [0, 0.05) is 6.07 Å². The Morgan fingerprint density at radius 3 is 2.27 bits per heavy atom. The first-order chi connectivity index (χ1) is 9.95. The summed E-state index contributed by atoms with van der Waals surface area (Å²) in [6.45, 7) is 6.07. The summed E-state index contributed by atoms with van der Waals surface area (Å²) in [7, 11) is 0. The van der Waals surface area contributed by atoms with Crippen molar-refractivity contribution in [1.82, 2.24) is 0 Å². The number of nitrogens with two attached hydrogens (primary N) is 1. The molecule has 0 saturated carbocycles. The third-order valence-corrected chi connectivity index (χ3v) is 2.62. The van der Waals surface area contributed by atoms with Crippen molar-refractivity contribution < 1.29 is 24.4 Å². The Balaban J connectivity index is 3.62. The number of phenolic OH excluding ortho intramolecular Hbond substituents is 1. The first-order valence-corrected chi connectivity index (χ1v) is 6.49. The summed E-state index contributed by atoms with van der Waals surface area (Å²) in [6, 6.07) is 0.864. The fourth-order valence-electron chi connectivity index (χ4n) is 1.75. The van der Waals surface area contributed by atoms with Crippen molar-refractivity contribution in [1.29, 1.82) is 0 Å². The second-order valence-corrected chi connectivity index (χ2v) is 5.77. The van der Waals surface area contributed by atoms with Crippen LogP contribution < -0.4 is 5.73 Å². The molecule has 1 atom stereocenters. The maximum atomic E-state index is 12.3. The van der Waals surface area contributed by atoms with Gasteiger partial charge < -0.3 is 15.6 Å². The topological polar surface area (TPSA) is 133 Å². The average Bonchev–Trinajstić information content (AvgIpc) is 2.34. The summed E-state index contributed by atoms with van der Waals surface area (Å²) in [5.41, 5.74) is 2.83. The number of hydrogen-bond acceptors (Lipinski definition) is 7. The highest BCUT2D eigenvalue weighted by Crippen LogP contribution is 2.32. The molecule has 1 aromatic carbocycles. The molecule has 0 saturated heterocycles. The zero-order valence-electron chi connectivity index (χ0n) is 12.7. The van der Waals surface area contributed by atoms with Gasteiger partial charge in [-0.1, -0.05) is 0 Å². The van der Waals surface area contributed by atoms with E-state index in [0.717, 1.165) is 12.1 Å². The SMILES string of the molecule is CC(N)C(=O)c1c(O)ccc([N+](=O)[O-])c1C(=O)OC(C)(C)C. The van der Waals surface area contributed by atoms with E-state index in [9.17, 15) is 24.8 Å². The van der Waals surface area contributed by atoms with Gasteiger partial charge in [0.25, 0.3) is 5.69 Å². The molecule has 0 fully saturated rings. The van der Waals surface area contributed by atoms with Crippen molar-refractivity contribution >= 4 is 17.4 Å². The second kappa shape index (κ2) is 6.10. The number of nitro groups is 1. The van der Waals surface area contributed by atoms with Crippen LogP contribution in [0, 0.1) is 10.1 Å². The lowest BCUT2D eigenvalue weighted by Crippen LogP contribution is -2.30. The highest BCUT2D eigenvalue weighted by molar-refractivity contribution is 6.12. The lowest BCUT2D eigenvalue weighted by atomic mass is 9.97. The number of aromatic hydroxyl groups is 1. The van der Waals surface area contributed by atoms with Gasteiger partial charge in [-0.05, 0) is 33.8 Å². The molecule has 0 aliphatic rings. The summed E-state index contributed by atoms with van der Waals surface area (Å²) in [6.07, 6.45) is 0. The summed E-state index contributed by atoms with van der Waals surface area (Å²) in [4.78, 5) is 34.7. The predicted octanol–water partition coefficient (Wildman–Crippen LogP) is 1.79. The van der Waals surface area contributed by atoms with Crippen LogP contribution in [0.4, 0.5) is 5.69 Å². The molecule has 0 amide bonds. The normalized spacial score (nSPS) is 12.6. The fraction of sp³-hybridized carbons (Fsp3) is 0.429. The molecule has 0 aromatic heterocycles. The molecule has 0 aliphatic carbocycles. The quantitative estimate of drug-likeness (QED) is 0.375. The van der Waals surface area contributed by atoms with E-state index in [0.29, 0.717) is 0 Å². The van der Waals surface area contributed by atoms with Gasteiger partial charge in [-0.3, -0.25) is 14.9 Å². The number of nitro benzene ring substituents is 1. The van der Waals surface area contributed by atoms with Gasteiger partial charge >= 0.3 is 5.97 Å². The summed E-state index contributed by atoms with van der Waals surface area (Å²) >= 11 is 0. The van der Waals surface area contributed by atoms with Crippen LogP contribution in [0.5, 0.6) is 5.75 Å². The fourth-order valence-corrected chi connectivity index (χ4v) is 1.75. The number of ether oxygens (including phenoxy) is 1. The number of carbonyl (C=O) groups is 2. The van der Waals surface area contributed by atoms with Crippen LogP contribution in [-0.4, -0.2) is 33.4 Å². The number of nitrogens with zero attached hydrogens (tertiary/aromatic N) is 1. The van der Waals surface area contributed by atoms with E-state index in [1.807, 2.05) is 0 Å². The number of ketones is 1. The van der Waals surface area contributed by atoms with Crippen molar-refractivity contribution in [3.8, 4) is 5.75 Å². The lowest BCUT2D eigenvalue weighted by molar-refractivity contribution is -0.385. The maximum absolute atomic E-state index is 12.3. The summed E-state index contributed by atoms with van der Waals surface area (Å²) in [5.74, 6) is -2.42. The van der Waals surface area contributed by atoms with Gasteiger partial charge in [-0.25, -0.2) is 4.79 Å². The van der Waals surface area contributed by atoms with E-state index in [2.05, 4.69) is 0 Å². The summed E-state index contributed by atoms with van der Waals surface area (Å²) < 4.78 is 5.09. The molecule has 1 unspecified atom stereocenters. The van der Waals surface area contributed by atoms with Crippen LogP contribution >= 0.6 is 0 Å². The Kier molecular flexibility index (Phi) is 4.87. The van der Waals surface area contributed by atoms with E-state index >= 15 is 0 Å². The third-order valence-electron chi connectivity index (χ3n) is 2.62. The smallest absolute Gasteiger partial charge is 0.346 e. The molecule has 8 nitrogen and oxygen atoms in total. The number of benzene rings is 1. The molecular formula is C14H18N2O6. The van der Waals surface area contributed by atoms with Gasteiger partial charge in [0.15, 0.2) is 11.3 Å². The Morgan fingerprint density at radius 1 is 1.32 bits per heavy atom. The van der Waals surface area contributed by atoms with Crippen molar-refractivity contribution in [3.05, 3.63) is 33.4 Å². The predicted molar refractivity (Wildman–Crippen MR) is 77.9 cm³/mol. The molecule has 0 heterocycles. The molecule has 3 N–H and O–H groups in total. The molecule has 120 valence electrons. The zero-order chi connectivity index (χ0) is 17.2. The van der Waals surface area contributed by atoms with Crippen LogP contribution in [0.3, 0.4) is 0 Å². The van der Waals surface area contributed by atoms with E-state index < -0.39 is 50.9 Å². The Bertz CT molecular complexity index is 631. The summed E-state index contributed by atoms with van der Waals surface area (Å²) in [5, 5.41) is 21.0. The van der Waals surface area contributed by atoms with Gasteiger partial charge in [-0.2, -0.15) is 0 Å². The molecule has 22 heavy (non-hydrogen) atoms. The molecule has 0 spiro atoms. The molecule has 8 heteroatoms. The van der Waals surface area contributed by atoms with Gasteiger partial charge in [0.2, 0.25) is 0 Å². The van der Waals surface area contributed by atoms with Crippen LogP contribution in [-0.2, 0) is 4.74 Å².